The molecule has 0 saturated carbocycles. The van der Waals surface area contributed by atoms with Gasteiger partial charge in [0.05, 0.1) is 5.69 Å². The molecule has 1 heterocycles. The molecule has 1 amide bonds. The standard InChI is InChI=1S/C11H12BrNO4S/c12-6-8-5-11(14)13(7-8)9-3-1-2-4-10(9)18(15,16)17/h1-4,8H,5-7H2,(H,15,16,17). The van der Waals surface area contributed by atoms with E-state index < -0.39 is 10.1 Å². The van der Waals surface area contributed by atoms with Gasteiger partial charge in [-0.3, -0.25) is 9.35 Å². The number of carbonyl (C=O) groups excluding carboxylic acids is 1. The lowest BCUT2D eigenvalue weighted by molar-refractivity contribution is -0.117. The first-order valence-electron chi connectivity index (χ1n) is 5.36. The molecule has 0 radical (unpaired) electrons. The number of benzene rings is 1. The molecule has 0 aliphatic carbocycles. The van der Waals surface area contributed by atoms with E-state index in [-0.39, 0.29) is 22.4 Å². The van der Waals surface area contributed by atoms with Crippen molar-refractivity contribution in [1.29, 1.82) is 0 Å². The fourth-order valence-electron chi connectivity index (χ4n) is 2.02. The second-order valence-electron chi connectivity index (χ2n) is 4.17. The Bertz CT molecular complexity index is 572. The van der Waals surface area contributed by atoms with Gasteiger partial charge in [0.2, 0.25) is 5.91 Å². The Labute approximate surface area is 114 Å². The molecule has 0 bridgehead atoms. The average molecular weight is 334 g/mol. The molecule has 0 spiro atoms. The molecule has 1 aromatic carbocycles. The molecule has 5 nitrogen and oxygen atoms in total. The van der Waals surface area contributed by atoms with E-state index in [1.807, 2.05) is 0 Å². The van der Waals surface area contributed by atoms with Crippen LogP contribution in [0.1, 0.15) is 6.42 Å². The number of alkyl halides is 1. The van der Waals surface area contributed by atoms with E-state index in [2.05, 4.69) is 15.9 Å². The Morgan fingerprint density at radius 1 is 1.39 bits per heavy atom. The normalized spacial score (nSPS) is 20.4. The predicted molar refractivity (Wildman–Crippen MR) is 70.5 cm³/mol. The fourth-order valence-corrected chi connectivity index (χ4v) is 3.14. The van der Waals surface area contributed by atoms with Gasteiger partial charge in [0, 0.05) is 18.3 Å². The zero-order chi connectivity index (χ0) is 13.3. The maximum Gasteiger partial charge on any atom is 0.296 e. The Morgan fingerprint density at radius 2 is 2.06 bits per heavy atom. The van der Waals surface area contributed by atoms with Crippen molar-refractivity contribution >= 4 is 37.6 Å². The summed E-state index contributed by atoms with van der Waals surface area (Å²) in [6, 6.07) is 5.96. The highest BCUT2D eigenvalue weighted by molar-refractivity contribution is 9.09. The van der Waals surface area contributed by atoms with Gasteiger partial charge < -0.3 is 4.90 Å². The van der Waals surface area contributed by atoms with Crippen molar-refractivity contribution in [3.05, 3.63) is 24.3 Å². The third-order valence-electron chi connectivity index (χ3n) is 2.86. The van der Waals surface area contributed by atoms with E-state index >= 15 is 0 Å². The molecular weight excluding hydrogens is 322 g/mol. The summed E-state index contributed by atoms with van der Waals surface area (Å²) in [5, 5.41) is 0.684. The minimum atomic E-state index is -4.32. The molecule has 2 rings (SSSR count). The molecule has 1 fully saturated rings. The number of halogens is 1. The quantitative estimate of drug-likeness (QED) is 0.674. The summed E-state index contributed by atoms with van der Waals surface area (Å²) in [6.45, 7) is 0.455. The largest absolute Gasteiger partial charge is 0.311 e. The topological polar surface area (TPSA) is 74.7 Å². The molecule has 1 aliphatic heterocycles. The minimum absolute atomic E-state index is 0.129. The molecule has 0 aromatic heterocycles. The molecule has 1 aromatic rings. The van der Waals surface area contributed by atoms with Crippen LogP contribution in [0.15, 0.2) is 29.2 Å². The van der Waals surface area contributed by atoms with E-state index in [1.54, 1.807) is 6.07 Å². The molecule has 1 saturated heterocycles. The molecule has 1 N–H and O–H groups in total. The summed E-state index contributed by atoms with van der Waals surface area (Å²) in [7, 11) is -4.32. The fraction of sp³-hybridized carbons (Fsp3) is 0.364. The first-order chi connectivity index (χ1) is 8.43. The van der Waals surface area contributed by atoms with Crippen LogP contribution >= 0.6 is 15.9 Å². The summed E-state index contributed by atoms with van der Waals surface area (Å²) in [5.74, 6) is 0.0301. The SMILES string of the molecule is O=C1CC(CBr)CN1c1ccccc1S(=O)(=O)O. The number of hydrogen-bond donors (Lipinski definition) is 1. The Balaban J connectivity index is 2.44. The predicted octanol–water partition coefficient (Wildman–Crippen LogP) is 1.68. The molecule has 1 unspecified atom stereocenters. The Hall–Kier alpha value is -0.920. The number of carbonyl (C=O) groups is 1. The number of amides is 1. The maximum atomic E-state index is 11.9. The maximum absolute atomic E-state index is 11.9. The van der Waals surface area contributed by atoms with Gasteiger partial charge in [-0.1, -0.05) is 28.1 Å². The van der Waals surface area contributed by atoms with Crippen LogP contribution in [-0.2, 0) is 14.9 Å². The smallest absolute Gasteiger partial charge is 0.296 e. The number of para-hydroxylation sites is 1. The van der Waals surface area contributed by atoms with Crippen molar-refractivity contribution in [2.45, 2.75) is 11.3 Å². The van der Waals surface area contributed by atoms with Crippen LogP contribution in [0.25, 0.3) is 0 Å². The van der Waals surface area contributed by atoms with Gasteiger partial charge in [-0.25, -0.2) is 0 Å². The Kier molecular flexibility index (Phi) is 3.74. The van der Waals surface area contributed by atoms with E-state index in [1.165, 1.54) is 23.1 Å². The number of nitrogens with zero attached hydrogens (tertiary/aromatic N) is 1. The lowest BCUT2D eigenvalue weighted by Gasteiger charge is -2.18. The van der Waals surface area contributed by atoms with E-state index in [9.17, 15) is 13.2 Å². The van der Waals surface area contributed by atoms with Crippen LogP contribution in [0.3, 0.4) is 0 Å². The number of anilines is 1. The molecule has 7 heteroatoms. The van der Waals surface area contributed by atoms with Crippen molar-refractivity contribution in [2.24, 2.45) is 5.92 Å². The monoisotopic (exact) mass is 333 g/mol. The highest BCUT2D eigenvalue weighted by Crippen LogP contribution is 2.31. The summed E-state index contributed by atoms with van der Waals surface area (Å²) in [6.07, 6.45) is 0.380. The van der Waals surface area contributed by atoms with Crippen LogP contribution in [0.5, 0.6) is 0 Å². The lowest BCUT2D eigenvalue weighted by atomic mass is 10.2. The zero-order valence-electron chi connectivity index (χ0n) is 9.41. The number of rotatable bonds is 3. The first-order valence-corrected chi connectivity index (χ1v) is 7.92. The molecule has 18 heavy (non-hydrogen) atoms. The summed E-state index contributed by atoms with van der Waals surface area (Å²) >= 11 is 3.32. The van der Waals surface area contributed by atoms with Crippen LogP contribution in [0.4, 0.5) is 5.69 Å². The van der Waals surface area contributed by atoms with Crippen molar-refractivity contribution in [3.63, 3.8) is 0 Å². The average Bonchev–Trinajstić information content (AvgIpc) is 2.69. The summed E-state index contributed by atoms with van der Waals surface area (Å²) in [5.41, 5.74) is 0.244. The minimum Gasteiger partial charge on any atom is -0.311 e. The summed E-state index contributed by atoms with van der Waals surface area (Å²) in [4.78, 5) is 13.0. The third kappa shape index (κ3) is 2.57. The lowest BCUT2D eigenvalue weighted by Crippen LogP contribution is -2.26. The van der Waals surface area contributed by atoms with Crippen LogP contribution in [0.2, 0.25) is 0 Å². The third-order valence-corrected chi connectivity index (χ3v) is 4.67. The van der Waals surface area contributed by atoms with Crippen molar-refractivity contribution in [3.8, 4) is 0 Å². The number of hydrogen-bond acceptors (Lipinski definition) is 3. The van der Waals surface area contributed by atoms with Crippen LogP contribution in [-0.4, -0.2) is 30.8 Å². The molecular formula is C11H12BrNO4S. The highest BCUT2D eigenvalue weighted by Gasteiger charge is 2.32. The van der Waals surface area contributed by atoms with Crippen LogP contribution in [0, 0.1) is 5.92 Å². The second kappa shape index (κ2) is 4.99. The molecule has 98 valence electrons. The van der Waals surface area contributed by atoms with E-state index in [0.717, 1.165) is 0 Å². The van der Waals surface area contributed by atoms with Gasteiger partial charge in [-0.2, -0.15) is 8.42 Å². The molecule has 1 aliphatic rings. The summed E-state index contributed by atoms with van der Waals surface area (Å²) < 4.78 is 31.7. The van der Waals surface area contributed by atoms with Crippen LogP contribution < -0.4 is 4.90 Å². The zero-order valence-corrected chi connectivity index (χ0v) is 11.8. The second-order valence-corrected chi connectivity index (χ2v) is 6.21. The highest BCUT2D eigenvalue weighted by atomic mass is 79.9. The van der Waals surface area contributed by atoms with Gasteiger partial charge in [0.1, 0.15) is 4.90 Å². The van der Waals surface area contributed by atoms with Gasteiger partial charge >= 0.3 is 0 Å². The van der Waals surface area contributed by atoms with Crippen molar-refractivity contribution in [2.75, 3.05) is 16.8 Å². The van der Waals surface area contributed by atoms with E-state index in [4.69, 9.17) is 4.55 Å². The van der Waals surface area contributed by atoms with Gasteiger partial charge in [-0.15, -0.1) is 0 Å². The Morgan fingerprint density at radius 3 is 2.61 bits per heavy atom. The molecule has 1 atom stereocenters. The van der Waals surface area contributed by atoms with E-state index in [0.29, 0.717) is 18.3 Å². The van der Waals surface area contributed by atoms with Crippen molar-refractivity contribution < 1.29 is 17.8 Å². The van der Waals surface area contributed by atoms with Gasteiger partial charge in [-0.05, 0) is 18.1 Å². The van der Waals surface area contributed by atoms with Gasteiger partial charge in [0.15, 0.2) is 0 Å². The van der Waals surface area contributed by atoms with Gasteiger partial charge in [0.25, 0.3) is 10.1 Å². The first kappa shape index (κ1) is 13.5. The van der Waals surface area contributed by atoms with Crippen molar-refractivity contribution in [1.82, 2.24) is 0 Å².